The number of hydrogen-bond donors (Lipinski definition) is 0. The minimum absolute atomic E-state index is 0.594. The van der Waals surface area contributed by atoms with Gasteiger partial charge in [-0.2, -0.15) is 0 Å². The Morgan fingerprint density at radius 1 is 0.405 bits per heavy atom. The first-order chi connectivity index (χ1) is 20.6. The van der Waals surface area contributed by atoms with E-state index in [-0.39, 0.29) is 0 Å². The van der Waals surface area contributed by atoms with E-state index >= 15 is 0 Å². The third-order valence-electron chi connectivity index (χ3n) is 8.06. The van der Waals surface area contributed by atoms with Gasteiger partial charge in [-0.15, -0.1) is 0 Å². The molecule has 42 heavy (non-hydrogen) atoms. The molecular weight excluding hydrogens is 508 g/mol. The molecule has 0 N–H and O–H groups in total. The van der Waals surface area contributed by atoms with Gasteiger partial charge in [0.1, 0.15) is 5.75 Å². The summed E-state index contributed by atoms with van der Waals surface area (Å²) in [4.78, 5) is 0. The van der Waals surface area contributed by atoms with Gasteiger partial charge >= 0.3 is 0 Å². The number of fused-ring (bicyclic) bond motifs is 9. The number of rotatable bonds is 1. The minimum Gasteiger partial charge on any atom is -0.472 e. The normalized spacial score (nSPS) is 15.0. The van der Waals surface area contributed by atoms with E-state index in [1.54, 1.807) is 0 Å². The second-order valence-corrected chi connectivity index (χ2v) is 10.7. The number of ether oxygens (including phenoxy) is 1. The molecule has 2 aliphatic rings. The summed E-state index contributed by atoms with van der Waals surface area (Å²) in [6.45, 7) is 8.26. The molecule has 0 saturated carbocycles. The Kier molecular flexibility index (Phi) is 7.50. The molecule has 8 rings (SSSR count). The average Bonchev–Trinajstić information content (AvgIpc) is 3.32. The highest BCUT2D eigenvalue weighted by atomic mass is 16.5. The summed E-state index contributed by atoms with van der Waals surface area (Å²) in [7, 11) is 0. The van der Waals surface area contributed by atoms with E-state index in [2.05, 4.69) is 153 Å². The molecule has 0 radical (unpaired) electrons. The fourth-order valence-electron chi connectivity index (χ4n) is 6.15. The third-order valence-corrected chi connectivity index (χ3v) is 8.06. The molecule has 1 heterocycles. The lowest BCUT2D eigenvalue weighted by molar-refractivity contribution is 0.157. The van der Waals surface area contributed by atoms with Crippen LogP contribution in [-0.2, 0) is 5.60 Å². The third kappa shape index (κ3) is 4.62. The van der Waals surface area contributed by atoms with Gasteiger partial charge in [0.05, 0.1) is 0 Å². The molecule has 1 aliphatic carbocycles. The maximum Gasteiger partial charge on any atom is 0.186 e. The van der Waals surface area contributed by atoms with E-state index < -0.39 is 5.60 Å². The van der Waals surface area contributed by atoms with Crippen molar-refractivity contribution in [1.82, 2.24) is 0 Å². The Hall–Kier alpha value is -4.88. The fourth-order valence-corrected chi connectivity index (χ4v) is 6.15. The highest BCUT2D eigenvalue weighted by Crippen LogP contribution is 2.58. The van der Waals surface area contributed by atoms with Gasteiger partial charge in [-0.25, -0.2) is 0 Å². The predicted molar refractivity (Wildman–Crippen MR) is 177 cm³/mol. The van der Waals surface area contributed by atoms with E-state index in [0.29, 0.717) is 0 Å². The summed E-state index contributed by atoms with van der Waals surface area (Å²) in [5.41, 5.74) is 13.2. The molecule has 1 nitrogen and oxygen atoms in total. The van der Waals surface area contributed by atoms with Crippen molar-refractivity contribution in [2.75, 3.05) is 0 Å². The molecule has 1 unspecified atom stereocenters. The van der Waals surface area contributed by atoms with Crippen LogP contribution < -0.4 is 4.74 Å². The lowest BCUT2D eigenvalue weighted by Crippen LogP contribution is -2.36. The van der Waals surface area contributed by atoms with Crippen LogP contribution in [0.5, 0.6) is 5.75 Å². The van der Waals surface area contributed by atoms with Gasteiger partial charge in [0.2, 0.25) is 0 Å². The molecule has 0 saturated heterocycles. The zero-order valence-corrected chi connectivity index (χ0v) is 24.8. The number of aryl methyl sites for hydroxylation is 2. The summed E-state index contributed by atoms with van der Waals surface area (Å²) < 4.78 is 6.91. The molecule has 6 aromatic carbocycles. The first-order valence-electron chi connectivity index (χ1n) is 14.9. The second kappa shape index (κ2) is 11.5. The Morgan fingerprint density at radius 2 is 0.881 bits per heavy atom. The van der Waals surface area contributed by atoms with Crippen LogP contribution in [0.1, 0.15) is 41.7 Å². The molecule has 0 bridgehead atoms. The molecular formula is C41H36O. The number of para-hydroxylation sites is 1. The minimum atomic E-state index is -0.594. The fraction of sp³-hybridized carbons (Fsp3) is 0.122. The molecule has 1 aliphatic heterocycles. The van der Waals surface area contributed by atoms with E-state index in [1.165, 1.54) is 55.6 Å². The van der Waals surface area contributed by atoms with E-state index in [1.807, 2.05) is 19.9 Å². The van der Waals surface area contributed by atoms with Gasteiger partial charge in [0.15, 0.2) is 5.60 Å². The van der Waals surface area contributed by atoms with Gasteiger partial charge < -0.3 is 4.74 Å². The Labute approximate surface area is 250 Å². The van der Waals surface area contributed by atoms with E-state index in [4.69, 9.17) is 4.74 Å². The van der Waals surface area contributed by atoms with Crippen molar-refractivity contribution >= 4 is 0 Å². The van der Waals surface area contributed by atoms with Gasteiger partial charge in [0.25, 0.3) is 0 Å². The molecule has 206 valence electrons. The van der Waals surface area contributed by atoms with Gasteiger partial charge in [-0.05, 0) is 47.7 Å². The van der Waals surface area contributed by atoms with Crippen molar-refractivity contribution in [2.24, 2.45) is 0 Å². The summed E-state index contributed by atoms with van der Waals surface area (Å²) >= 11 is 0. The van der Waals surface area contributed by atoms with Crippen molar-refractivity contribution < 1.29 is 4.74 Å². The number of benzene rings is 6. The zero-order valence-electron chi connectivity index (χ0n) is 24.8. The summed E-state index contributed by atoms with van der Waals surface area (Å²) in [6.07, 6.45) is 0. The molecule has 6 aromatic rings. The molecule has 0 amide bonds. The summed E-state index contributed by atoms with van der Waals surface area (Å²) in [6, 6.07) is 51.5. The average molecular weight is 545 g/mol. The Morgan fingerprint density at radius 3 is 1.55 bits per heavy atom. The van der Waals surface area contributed by atoms with Crippen molar-refractivity contribution in [1.29, 1.82) is 0 Å². The van der Waals surface area contributed by atoms with Crippen molar-refractivity contribution in [3.63, 3.8) is 0 Å². The SMILES string of the molecule is CC.Cc1ccc(-c2ccccc2)cc1.Cc1ccc2c(c1)C1(Oc3ccccc3-c3ccccc31)c1ccccc1-2. The predicted octanol–water partition coefficient (Wildman–Crippen LogP) is 11.0. The van der Waals surface area contributed by atoms with Crippen molar-refractivity contribution in [3.8, 4) is 39.1 Å². The molecule has 0 fully saturated rings. The van der Waals surface area contributed by atoms with Gasteiger partial charge in [0, 0.05) is 22.3 Å². The van der Waals surface area contributed by atoms with Gasteiger partial charge in [-0.1, -0.05) is 165 Å². The monoisotopic (exact) mass is 544 g/mol. The smallest absolute Gasteiger partial charge is 0.186 e. The molecule has 0 aromatic heterocycles. The van der Waals surface area contributed by atoms with Crippen LogP contribution in [0.2, 0.25) is 0 Å². The molecule has 1 heteroatoms. The largest absolute Gasteiger partial charge is 0.472 e. The van der Waals surface area contributed by atoms with Crippen molar-refractivity contribution in [3.05, 3.63) is 173 Å². The first kappa shape index (κ1) is 27.3. The maximum atomic E-state index is 6.91. The molecule has 1 spiro atoms. The van der Waals surface area contributed by atoms with Crippen molar-refractivity contribution in [2.45, 2.75) is 33.3 Å². The van der Waals surface area contributed by atoms with Crippen LogP contribution in [-0.4, -0.2) is 0 Å². The first-order valence-corrected chi connectivity index (χ1v) is 14.9. The molecule has 1 atom stereocenters. The Balaban J connectivity index is 0.000000177. The van der Waals surface area contributed by atoms with E-state index in [9.17, 15) is 0 Å². The van der Waals surface area contributed by atoms with Crippen LogP contribution >= 0.6 is 0 Å². The van der Waals surface area contributed by atoms with Crippen LogP contribution in [0.15, 0.2) is 146 Å². The highest BCUT2D eigenvalue weighted by molar-refractivity contribution is 5.88. The summed E-state index contributed by atoms with van der Waals surface area (Å²) in [5, 5.41) is 0. The topological polar surface area (TPSA) is 9.23 Å². The lowest BCUT2D eigenvalue weighted by Gasteiger charge is -2.39. The zero-order chi connectivity index (χ0) is 29.1. The summed E-state index contributed by atoms with van der Waals surface area (Å²) in [5.74, 6) is 0.945. The lowest BCUT2D eigenvalue weighted by atomic mass is 9.77. The van der Waals surface area contributed by atoms with Crippen LogP contribution in [0.3, 0.4) is 0 Å². The number of hydrogen-bond acceptors (Lipinski definition) is 1. The van der Waals surface area contributed by atoms with Gasteiger partial charge in [-0.3, -0.25) is 0 Å². The standard InChI is InChI=1S/C26H18O.C13H12.C2H6/c1-17-14-15-20-18-8-2-5-11-22(18)26(24(20)16-17)23-12-6-3-9-19(23)21-10-4-7-13-25(21)27-26;1-11-7-9-13(10-8-11)12-5-3-2-4-6-12;1-2/h2-16H,1H3;2-10H,1H3;1-2H3. The second-order valence-electron chi connectivity index (χ2n) is 10.7. The Bertz CT molecular complexity index is 1830. The van der Waals surface area contributed by atoms with E-state index in [0.717, 1.165) is 11.3 Å². The highest BCUT2D eigenvalue weighted by Gasteiger charge is 2.50. The van der Waals surface area contributed by atoms with Crippen LogP contribution in [0.4, 0.5) is 0 Å². The van der Waals surface area contributed by atoms with Crippen LogP contribution in [0.25, 0.3) is 33.4 Å². The quantitative estimate of drug-likeness (QED) is 0.200. The maximum absolute atomic E-state index is 6.91. The van der Waals surface area contributed by atoms with Crippen LogP contribution in [0, 0.1) is 13.8 Å².